The summed E-state index contributed by atoms with van der Waals surface area (Å²) in [6, 6.07) is 8.44. The van der Waals surface area contributed by atoms with E-state index in [-0.39, 0.29) is 5.91 Å². The van der Waals surface area contributed by atoms with Crippen LogP contribution in [0.5, 0.6) is 0 Å². The number of carbonyl (C=O) groups is 1. The van der Waals surface area contributed by atoms with Gasteiger partial charge in [-0.25, -0.2) is 4.98 Å². The fourth-order valence-corrected chi connectivity index (χ4v) is 5.90. The van der Waals surface area contributed by atoms with Gasteiger partial charge in [0.15, 0.2) is 0 Å². The number of nitrogen functional groups attached to an aromatic ring is 1. The summed E-state index contributed by atoms with van der Waals surface area (Å²) in [4.78, 5) is 21.2. The van der Waals surface area contributed by atoms with Crippen LogP contribution in [-0.2, 0) is 19.3 Å². The molecule has 1 fully saturated rings. The number of anilines is 2. The van der Waals surface area contributed by atoms with E-state index >= 15 is 0 Å². The number of amides is 1. The van der Waals surface area contributed by atoms with Gasteiger partial charge in [0.25, 0.3) is 5.91 Å². The van der Waals surface area contributed by atoms with E-state index in [4.69, 9.17) is 5.73 Å². The van der Waals surface area contributed by atoms with E-state index in [1.54, 1.807) is 0 Å². The maximum atomic E-state index is 12.8. The average molecular weight is 436 g/mol. The topological polar surface area (TPSA) is 83.3 Å². The molecule has 1 aliphatic carbocycles. The lowest BCUT2D eigenvalue weighted by Gasteiger charge is -2.31. The van der Waals surface area contributed by atoms with Crippen LogP contribution in [0.25, 0.3) is 10.2 Å². The van der Waals surface area contributed by atoms with Crippen molar-refractivity contribution < 1.29 is 4.79 Å². The Hall–Kier alpha value is -2.64. The molecule has 1 aromatic carbocycles. The number of nitrogens with one attached hydrogen (secondary N) is 2. The van der Waals surface area contributed by atoms with Gasteiger partial charge >= 0.3 is 0 Å². The molecule has 0 bridgehead atoms. The molecule has 5 rings (SSSR count). The van der Waals surface area contributed by atoms with Gasteiger partial charge in [0.2, 0.25) is 0 Å². The number of hydrogen-bond acceptors (Lipinski definition) is 6. The van der Waals surface area contributed by atoms with Crippen LogP contribution in [-0.4, -0.2) is 43.6 Å². The molecular formula is C24H29N5OS. The molecule has 31 heavy (non-hydrogen) atoms. The molecule has 0 spiro atoms. The molecule has 4 N–H and O–H groups in total. The number of benzene rings is 1. The molecule has 2 aliphatic rings. The lowest BCUT2D eigenvalue weighted by molar-refractivity contribution is 0.0959. The SMILES string of the molecule is Cc1ccc2c(N)c(C(=O)NCCc3ccc(N4CCNCC4)c4c3CCC4)sc2n1. The predicted molar refractivity (Wildman–Crippen MR) is 128 cm³/mol. The van der Waals surface area contributed by atoms with Gasteiger partial charge in [-0.05, 0) is 67.5 Å². The quantitative estimate of drug-likeness (QED) is 0.574. The third kappa shape index (κ3) is 3.88. The molecule has 0 unspecified atom stereocenters. The number of hydrogen-bond donors (Lipinski definition) is 3. The van der Waals surface area contributed by atoms with Crippen molar-refractivity contribution in [3.63, 3.8) is 0 Å². The Morgan fingerprint density at radius 1 is 1.19 bits per heavy atom. The third-order valence-corrected chi connectivity index (χ3v) is 7.55. The highest BCUT2D eigenvalue weighted by Gasteiger charge is 2.23. The van der Waals surface area contributed by atoms with Gasteiger partial charge in [-0.3, -0.25) is 4.79 Å². The molecule has 2 aromatic heterocycles. The van der Waals surface area contributed by atoms with Gasteiger partial charge in [-0.15, -0.1) is 11.3 Å². The first-order chi connectivity index (χ1) is 15.1. The maximum Gasteiger partial charge on any atom is 0.263 e. The number of piperazine rings is 1. The number of aryl methyl sites for hydroxylation is 1. The zero-order valence-electron chi connectivity index (χ0n) is 18.0. The van der Waals surface area contributed by atoms with E-state index in [1.807, 2.05) is 19.1 Å². The van der Waals surface area contributed by atoms with Crippen molar-refractivity contribution in [1.82, 2.24) is 15.6 Å². The molecule has 0 saturated carbocycles. The van der Waals surface area contributed by atoms with Gasteiger partial charge in [-0.1, -0.05) is 6.07 Å². The van der Waals surface area contributed by atoms with Gasteiger partial charge in [0.1, 0.15) is 9.71 Å². The number of nitrogens with two attached hydrogens (primary N) is 1. The predicted octanol–water partition coefficient (Wildman–Crippen LogP) is 3.06. The Morgan fingerprint density at radius 2 is 2.00 bits per heavy atom. The van der Waals surface area contributed by atoms with Crippen LogP contribution in [0.15, 0.2) is 24.3 Å². The second-order valence-corrected chi connectivity index (χ2v) is 9.45. The van der Waals surface area contributed by atoms with Crippen LogP contribution < -0.4 is 21.3 Å². The van der Waals surface area contributed by atoms with Crippen LogP contribution in [0.3, 0.4) is 0 Å². The normalized spacial score (nSPS) is 16.0. The molecule has 0 atom stereocenters. The molecule has 1 saturated heterocycles. The fraction of sp³-hybridized carbons (Fsp3) is 0.417. The monoisotopic (exact) mass is 435 g/mol. The summed E-state index contributed by atoms with van der Waals surface area (Å²) in [5.74, 6) is -0.104. The highest BCUT2D eigenvalue weighted by atomic mass is 32.1. The van der Waals surface area contributed by atoms with Gasteiger partial charge < -0.3 is 21.3 Å². The molecule has 162 valence electrons. The maximum absolute atomic E-state index is 12.8. The molecule has 0 radical (unpaired) electrons. The first-order valence-corrected chi connectivity index (χ1v) is 12.0. The van der Waals surface area contributed by atoms with Crippen molar-refractivity contribution in [2.75, 3.05) is 43.4 Å². The Bertz CT molecular complexity index is 1130. The van der Waals surface area contributed by atoms with Crippen molar-refractivity contribution in [1.29, 1.82) is 0 Å². The molecule has 1 aliphatic heterocycles. The Kier molecular flexibility index (Phi) is 5.54. The molecule has 3 aromatic rings. The van der Waals surface area contributed by atoms with Crippen molar-refractivity contribution in [2.24, 2.45) is 0 Å². The van der Waals surface area contributed by atoms with Gasteiger partial charge in [0.05, 0.1) is 5.69 Å². The lowest BCUT2D eigenvalue weighted by atomic mass is 9.98. The molecule has 1 amide bonds. The van der Waals surface area contributed by atoms with Crippen LogP contribution in [0.4, 0.5) is 11.4 Å². The zero-order valence-corrected chi connectivity index (χ0v) is 18.8. The van der Waals surface area contributed by atoms with Crippen molar-refractivity contribution in [3.8, 4) is 0 Å². The average Bonchev–Trinajstić information content (AvgIpc) is 3.39. The summed E-state index contributed by atoms with van der Waals surface area (Å²) >= 11 is 1.37. The van der Waals surface area contributed by atoms with E-state index in [0.717, 1.165) is 54.9 Å². The van der Waals surface area contributed by atoms with E-state index in [2.05, 4.69) is 32.7 Å². The van der Waals surface area contributed by atoms with Crippen LogP contribution in [0, 0.1) is 6.92 Å². The Labute approximate surface area is 186 Å². The summed E-state index contributed by atoms with van der Waals surface area (Å²) in [6.45, 7) is 6.82. The van der Waals surface area contributed by atoms with Gasteiger partial charge in [0, 0.05) is 49.5 Å². The summed E-state index contributed by atoms with van der Waals surface area (Å²) in [7, 11) is 0. The highest BCUT2D eigenvalue weighted by molar-refractivity contribution is 7.21. The minimum absolute atomic E-state index is 0.104. The number of nitrogens with zero attached hydrogens (tertiary/aromatic N) is 2. The largest absolute Gasteiger partial charge is 0.397 e. The Balaban J connectivity index is 1.28. The van der Waals surface area contributed by atoms with Crippen LogP contribution in [0.1, 0.15) is 38.5 Å². The van der Waals surface area contributed by atoms with E-state index < -0.39 is 0 Å². The number of thiophene rings is 1. The van der Waals surface area contributed by atoms with Crippen LogP contribution in [0.2, 0.25) is 0 Å². The summed E-state index contributed by atoms with van der Waals surface area (Å²) in [5, 5.41) is 7.38. The minimum atomic E-state index is -0.104. The first kappa shape index (κ1) is 20.3. The van der Waals surface area contributed by atoms with Crippen LogP contribution >= 0.6 is 11.3 Å². The number of aromatic nitrogens is 1. The van der Waals surface area contributed by atoms with E-state index in [9.17, 15) is 4.79 Å². The summed E-state index contributed by atoms with van der Waals surface area (Å²) in [5.41, 5.74) is 13.5. The molecule has 6 nitrogen and oxygen atoms in total. The second kappa shape index (κ2) is 8.48. The molecule has 7 heteroatoms. The van der Waals surface area contributed by atoms with Crippen molar-refractivity contribution in [3.05, 3.63) is 51.5 Å². The second-order valence-electron chi connectivity index (χ2n) is 8.45. The van der Waals surface area contributed by atoms with E-state index in [0.29, 0.717) is 17.1 Å². The van der Waals surface area contributed by atoms with Gasteiger partial charge in [-0.2, -0.15) is 0 Å². The molecule has 3 heterocycles. The highest BCUT2D eigenvalue weighted by Crippen LogP contribution is 2.35. The van der Waals surface area contributed by atoms with Crippen molar-refractivity contribution >= 4 is 38.8 Å². The summed E-state index contributed by atoms with van der Waals surface area (Å²) in [6.07, 6.45) is 4.38. The molecular weight excluding hydrogens is 406 g/mol. The zero-order chi connectivity index (χ0) is 21.4. The number of rotatable bonds is 5. The smallest absolute Gasteiger partial charge is 0.263 e. The van der Waals surface area contributed by atoms with Crippen molar-refractivity contribution in [2.45, 2.75) is 32.6 Å². The minimum Gasteiger partial charge on any atom is -0.397 e. The standard InChI is InChI=1S/C24H29N5OS/c1-15-5-7-19-21(25)22(31-24(19)28-15)23(30)27-10-9-16-6-8-20(18-4-2-3-17(16)18)29-13-11-26-12-14-29/h5-8,26H,2-4,9-14,25H2,1H3,(H,27,30). The lowest BCUT2D eigenvalue weighted by Crippen LogP contribution is -2.43. The summed E-state index contributed by atoms with van der Waals surface area (Å²) < 4.78 is 0. The van der Waals surface area contributed by atoms with E-state index in [1.165, 1.54) is 46.6 Å². The number of carbonyl (C=O) groups excluding carboxylic acids is 1. The fourth-order valence-electron chi connectivity index (χ4n) is 4.85. The number of fused-ring (bicyclic) bond motifs is 2. The Morgan fingerprint density at radius 3 is 2.84 bits per heavy atom. The third-order valence-electron chi connectivity index (χ3n) is 6.43. The number of pyridine rings is 1. The first-order valence-electron chi connectivity index (χ1n) is 11.1.